The van der Waals surface area contributed by atoms with Crippen LogP contribution >= 0.6 is 0 Å². The van der Waals surface area contributed by atoms with Crippen LogP contribution in [0, 0.1) is 0 Å². The Kier molecular flexibility index (Phi) is 4.20. The number of nitrogens with two attached hydrogens (primary N) is 1. The molecule has 2 rings (SSSR count). The van der Waals surface area contributed by atoms with E-state index < -0.39 is 6.03 Å². The fourth-order valence-electron chi connectivity index (χ4n) is 2.45. The average molecular weight is 247 g/mol. The number of benzene rings is 1. The Morgan fingerprint density at radius 1 is 1.33 bits per heavy atom. The molecule has 0 aromatic heterocycles. The van der Waals surface area contributed by atoms with Crippen LogP contribution in [0.15, 0.2) is 18.2 Å². The van der Waals surface area contributed by atoms with Gasteiger partial charge in [0.2, 0.25) is 0 Å². The summed E-state index contributed by atoms with van der Waals surface area (Å²) in [5, 5.41) is 5.95. The zero-order valence-electron chi connectivity index (χ0n) is 10.8. The van der Waals surface area contributed by atoms with Gasteiger partial charge in [0.05, 0.1) is 0 Å². The average Bonchev–Trinajstić information content (AvgIpc) is 2.81. The standard InChI is InChI=1S/C14H21N3O/c1-10(16-7-8-17-14(15)18)12-6-5-11-3-2-4-13(11)9-12/h5-6,9-10,16H,2-4,7-8H2,1H3,(H3,15,17,18). The lowest BCUT2D eigenvalue weighted by atomic mass is 10.0. The van der Waals surface area contributed by atoms with Gasteiger partial charge in [0.25, 0.3) is 0 Å². The van der Waals surface area contributed by atoms with E-state index in [4.69, 9.17) is 5.73 Å². The summed E-state index contributed by atoms with van der Waals surface area (Å²) in [6.45, 7) is 3.42. The third-order valence-corrected chi connectivity index (χ3v) is 3.50. The molecule has 1 aromatic rings. The first-order valence-electron chi connectivity index (χ1n) is 6.55. The summed E-state index contributed by atoms with van der Waals surface area (Å²) in [6, 6.07) is 6.58. The van der Waals surface area contributed by atoms with Crippen LogP contribution in [-0.4, -0.2) is 19.1 Å². The van der Waals surface area contributed by atoms with Gasteiger partial charge in [-0.25, -0.2) is 4.79 Å². The number of hydrogen-bond donors (Lipinski definition) is 3. The monoisotopic (exact) mass is 247 g/mol. The van der Waals surface area contributed by atoms with Gasteiger partial charge in [0.1, 0.15) is 0 Å². The molecule has 0 spiro atoms. The molecule has 1 aromatic carbocycles. The van der Waals surface area contributed by atoms with Gasteiger partial charge in [-0.15, -0.1) is 0 Å². The van der Waals surface area contributed by atoms with Crippen molar-refractivity contribution in [3.63, 3.8) is 0 Å². The molecule has 18 heavy (non-hydrogen) atoms. The predicted molar refractivity (Wildman–Crippen MR) is 72.5 cm³/mol. The predicted octanol–water partition coefficient (Wildman–Crippen LogP) is 1.49. The van der Waals surface area contributed by atoms with Crippen molar-refractivity contribution in [1.29, 1.82) is 0 Å². The Morgan fingerprint density at radius 3 is 2.89 bits per heavy atom. The van der Waals surface area contributed by atoms with Gasteiger partial charge in [-0.05, 0) is 42.9 Å². The van der Waals surface area contributed by atoms with E-state index in [1.807, 2.05) is 0 Å². The molecule has 0 fully saturated rings. The van der Waals surface area contributed by atoms with E-state index in [1.165, 1.54) is 36.0 Å². The van der Waals surface area contributed by atoms with Crippen molar-refractivity contribution in [3.05, 3.63) is 34.9 Å². The van der Waals surface area contributed by atoms with Crippen LogP contribution in [0.2, 0.25) is 0 Å². The lowest BCUT2D eigenvalue weighted by molar-refractivity contribution is 0.249. The van der Waals surface area contributed by atoms with Crippen molar-refractivity contribution in [1.82, 2.24) is 10.6 Å². The third kappa shape index (κ3) is 3.23. The zero-order chi connectivity index (χ0) is 13.0. The molecule has 0 bridgehead atoms. The lowest BCUT2D eigenvalue weighted by Gasteiger charge is -2.15. The second-order valence-corrected chi connectivity index (χ2v) is 4.85. The number of amides is 2. The summed E-state index contributed by atoms with van der Waals surface area (Å²) >= 11 is 0. The number of nitrogens with one attached hydrogen (secondary N) is 2. The first kappa shape index (κ1) is 12.9. The maximum atomic E-state index is 10.5. The molecule has 4 nitrogen and oxygen atoms in total. The highest BCUT2D eigenvalue weighted by Gasteiger charge is 2.13. The molecule has 1 atom stereocenters. The van der Waals surface area contributed by atoms with Crippen molar-refractivity contribution in [2.45, 2.75) is 32.2 Å². The number of fused-ring (bicyclic) bond motifs is 1. The SMILES string of the molecule is CC(NCCNC(N)=O)c1ccc2c(c1)CCC2. The summed E-state index contributed by atoms with van der Waals surface area (Å²) in [5.41, 5.74) is 9.32. The number of carbonyl (C=O) groups is 1. The Balaban J connectivity index is 1.85. The van der Waals surface area contributed by atoms with Crippen LogP contribution in [0.1, 0.15) is 36.1 Å². The summed E-state index contributed by atoms with van der Waals surface area (Å²) in [5.74, 6) is 0. The molecular weight excluding hydrogens is 226 g/mol. The first-order valence-corrected chi connectivity index (χ1v) is 6.55. The number of primary amides is 1. The summed E-state index contributed by atoms with van der Waals surface area (Å²) < 4.78 is 0. The summed E-state index contributed by atoms with van der Waals surface area (Å²) in [7, 11) is 0. The molecule has 2 amide bonds. The normalized spacial score (nSPS) is 15.2. The van der Waals surface area contributed by atoms with Gasteiger partial charge in [-0.3, -0.25) is 0 Å². The van der Waals surface area contributed by atoms with Gasteiger partial charge < -0.3 is 16.4 Å². The Labute approximate surface area is 108 Å². The van der Waals surface area contributed by atoms with Crippen LogP contribution in [0.25, 0.3) is 0 Å². The molecule has 0 heterocycles. The molecule has 1 aliphatic rings. The second-order valence-electron chi connectivity index (χ2n) is 4.85. The highest BCUT2D eigenvalue weighted by atomic mass is 16.2. The molecule has 0 radical (unpaired) electrons. The largest absolute Gasteiger partial charge is 0.352 e. The van der Waals surface area contributed by atoms with Gasteiger partial charge in [0.15, 0.2) is 0 Å². The molecule has 1 unspecified atom stereocenters. The Bertz CT molecular complexity index is 431. The van der Waals surface area contributed by atoms with Gasteiger partial charge >= 0.3 is 6.03 Å². The van der Waals surface area contributed by atoms with E-state index in [0.717, 1.165) is 6.54 Å². The maximum absolute atomic E-state index is 10.5. The Morgan fingerprint density at radius 2 is 2.11 bits per heavy atom. The molecule has 98 valence electrons. The van der Waals surface area contributed by atoms with E-state index in [0.29, 0.717) is 12.6 Å². The van der Waals surface area contributed by atoms with E-state index in [-0.39, 0.29) is 0 Å². The van der Waals surface area contributed by atoms with Gasteiger partial charge in [-0.1, -0.05) is 18.2 Å². The van der Waals surface area contributed by atoms with Crippen LogP contribution in [0.3, 0.4) is 0 Å². The van der Waals surface area contributed by atoms with Crippen molar-refractivity contribution in [2.75, 3.05) is 13.1 Å². The number of urea groups is 1. The maximum Gasteiger partial charge on any atom is 0.312 e. The van der Waals surface area contributed by atoms with Crippen LogP contribution in [-0.2, 0) is 12.8 Å². The van der Waals surface area contributed by atoms with Gasteiger partial charge in [-0.2, -0.15) is 0 Å². The number of aryl methyl sites for hydroxylation is 2. The highest BCUT2D eigenvalue weighted by molar-refractivity contribution is 5.71. The van der Waals surface area contributed by atoms with Crippen LogP contribution in [0.4, 0.5) is 4.79 Å². The van der Waals surface area contributed by atoms with E-state index >= 15 is 0 Å². The first-order chi connectivity index (χ1) is 8.66. The van der Waals surface area contributed by atoms with Crippen molar-refractivity contribution < 1.29 is 4.79 Å². The van der Waals surface area contributed by atoms with Crippen molar-refractivity contribution in [2.24, 2.45) is 5.73 Å². The van der Waals surface area contributed by atoms with Crippen LogP contribution in [0.5, 0.6) is 0 Å². The van der Waals surface area contributed by atoms with E-state index in [9.17, 15) is 4.79 Å². The molecule has 0 saturated heterocycles. The van der Waals surface area contributed by atoms with Gasteiger partial charge in [0, 0.05) is 19.1 Å². The minimum Gasteiger partial charge on any atom is -0.352 e. The smallest absolute Gasteiger partial charge is 0.312 e. The summed E-state index contributed by atoms with van der Waals surface area (Å²) in [4.78, 5) is 10.5. The molecule has 1 aliphatic carbocycles. The number of hydrogen-bond acceptors (Lipinski definition) is 2. The van der Waals surface area contributed by atoms with Crippen LogP contribution < -0.4 is 16.4 Å². The van der Waals surface area contributed by atoms with Crippen molar-refractivity contribution >= 4 is 6.03 Å². The second kappa shape index (κ2) is 5.87. The quantitative estimate of drug-likeness (QED) is 0.690. The zero-order valence-corrected chi connectivity index (χ0v) is 10.8. The number of rotatable bonds is 5. The third-order valence-electron chi connectivity index (χ3n) is 3.50. The topological polar surface area (TPSA) is 67.2 Å². The fourth-order valence-corrected chi connectivity index (χ4v) is 2.45. The molecule has 0 aliphatic heterocycles. The van der Waals surface area contributed by atoms with Crippen molar-refractivity contribution in [3.8, 4) is 0 Å². The van der Waals surface area contributed by atoms with E-state index in [1.54, 1.807) is 0 Å². The summed E-state index contributed by atoms with van der Waals surface area (Å²) in [6.07, 6.45) is 3.71. The minimum absolute atomic E-state index is 0.297. The Hall–Kier alpha value is -1.55. The molecule has 4 heteroatoms. The lowest BCUT2D eigenvalue weighted by Crippen LogP contribution is -2.36. The number of carbonyl (C=O) groups excluding carboxylic acids is 1. The minimum atomic E-state index is -0.470. The van der Waals surface area contributed by atoms with E-state index in [2.05, 4.69) is 35.8 Å². The highest BCUT2D eigenvalue weighted by Crippen LogP contribution is 2.25. The fraction of sp³-hybridized carbons (Fsp3) is 0.500. The molecule has 4 N–H and O–H groups in total. The molecular formula is C14H21N3O. The molecule has 0 saturated carbocycles.